The van der Waals surface area contributed by atoms with Gasteiger partial charge in [0.1, 0.15) is 5.70 Å². The number of hydrogen-bond donors (Lipinski definition) is 5. The van der Waals surface area contributed by atoms with Crippen LogP contribution >= 0.6 is 11.8 Å². The molecule has 0 aromatic rings. The van der Waals surface area contributed by atoms with Crippen molar-refractivity contribution in [2.24, 2.45) is 11.8 Å². The summed E-state index contributed by atoms with van der Waals surface area (Å²) in [5.74, 6) is -1.22. The number of carboxylic acid groups (broad SMARTS) is 1. The van der Waals surface area contributed by atoms with Crippen LogP contribution in [-0.2, 0) is 9.59 Å². The van der Waals surface area contributed by atoms with Crippen molar-refractivity contribution in [1.82, 2.24) is 15.5 Å². The minimum absolute atomic E-state index is 0.0212. The summed E-state index contributed by atoms with van der Waals surface area (Å²) in [5.41, 5.74) is 0.111. The summed E-state index contributed by atoms with van der Waals surface area (Å²) in [4.78, 5) is 27.2. The Morgan fingerprint density at radius 1 is 1.27 bits per heavy atom. The second kappa shape index (κ2) is 9.16. The summed E-state index contributed by atoms with van der Waals surface area (Å²) < 4.78 is 0. The summed E-state index contributed by atoms with van der Waals surface area (Å²) in [6.07, 6.45) is 3.07. The lowest BCUT2D eigenvalue weighted by Crippen LogP contribution is -2.40. The van der Waals surface area contributed by atoms with Crippen LogP contribution in [0.1, 0.15) is 45.4 Å². The number of hydrogen-bond acceptors (Lipinski definition) is 7. The molecule has 0 saturated carbocycles. The van der Waals surface area contributed by atoms with Crippen LogP contribution in [0.15, 0.2) is 10.6 Å². The first-order chi connectivity index (χ1) is 14.4. The predicted octanol–water partition coefficient (Wildman–Crippen LogP) is 0.499. The molecule has 0 bridgehead atoms. The molecule has 9 heteroatoms. The van der Waals surface area contributed by atoms with Crippen molar-refractivity contribution >= 4 is 23.6 Å². The Hall–Kier alpha value is -1.13. The number of amides is 1. The molecular formula is C21H33N3O5S. The highest BCUT2D eigenvalue weighted by Gasteiger charge is 2.47. The lowest BCUT2D eigenvalue weighted by molar-refractivity contribution is -0.139. The maximum absolute atomic E-state index is 12.7. The van der Waals surface area contributed by atoms with Gasteiger partial charge in [-0.05, 0) is 45.6 Å². The molecule has 8 nitrogen and oxygen atoms in total. The molecule has 4 aliphatic heterocycles. The lowest BCUT2D eigenvalue weighted by atomic mass is 9.92. The Kier molecular flexibility index (Phi) is 6.74. The van der Waals surface area contributed by atoms with Crippen LogP contribution in [0.3, 0.4) is 0 Å². The number of carboxylic acids is 1. The molecule has 1 amide bonds. The number of aliphatic carboxylic acids is 1. The molecule has 0 spiro atoms. The fourth-order valence-corrected chi connectivity index (χ4v) is 7.03. The normalized spacial score (nSPS) is 36.7. The number of carbonyl (C=O) groups excluding carboxylic acids is 1. The van der Waals surface area contributed by atoms with Gasteiger partial charge < -0.3 is 30.9 Å². The number of thioether (sulfide) groups is 1. The van der Waals surface area contributed by atoms with Crippen molar-refractivity contribution in [3.63, 3.8) is 0 Å². The van der Waals surface area contributed by atoms with E-state index in [-0.39, 0.29) is 47.2 Å². The molecule has 0 aromatic heterocycles. The van der Waals surface area contributed by atoms with E-state index < -0.39 is 18.2 Å². The van der Waals surface area contributed by atoms with Gasteiger partial charge >= 0.3 is 5.97 Å². The van der Waals surface area contributed by atoms with Crippen molar-refractivity contribution in [3.05, 3.63) is 10.6 Å². The minimum atomic E-state index is -1.07. The van der Waals surface area contributed by atoms with Crippen LogP contribution in [0.4, 0.5) is 0 Å². The van der Waals surface area contributed by atoms with E-state index in [2.05, 4.69) is 10.6 Å². The molecule has 0 radical (unpaired) electrons. The van der Waals surface area contributed by atoms with Crippen molar-refractivity contribution in [2.75, 3.05) is 19.6 Å². The molecule has 7 atom stereocenters. The molecule has 168 valence electrons. The maximum atomic E-state index is 12.7. The summed E-state index contributed by atoms with van der Waals surface area (Å²) in [7, 11) is 0. The largest absolute Gasteiger partial charge is 0.477 e. The monoisotopic (exact) mass is 439 g/mol. The fourth-order valence-electron chi connectivity index (χ4n) is 5.58. The first kappa shape index (κ1) is 22.1. The average molecular weight is 440 g/mol. The van der Waals surface area contributed by atoms with E-state index in [4.69, 9.17) is 0 Å². The molecule has 0 aliphatic carbocycles. The molecule has 3 saturated heterocycles. The van der Waals surface area contributed by atoms with E-state index in [1.165, 1.54) is 4.90 Å². The van der Waals surface area contributed by atoms with Gasteiger partial charge in [-0.1, -0.05) is 0 Å². The first-order valence-corrected chi connectivity index (χ1v) is 12.0. The van der Waals surface area contributed by atoms with Crippen LogP contribution in [-0.4, -0.2) is 81.3 Å². The van der Waals surface area contributed by atoms with E-state index >= 15 is 0 Å². The van der Waals surface area contributed by atoms with E-state index in [1.807, 2.05) is 0 Å². The van der Waals surface area contributed by atoms with Gasteiger partial charge in [-0.2, -0.15) is 0 Å². The summed E-state index contributed by atoms with van der Waals surface area (Å²) in [6.45, 7) is 4.19. The Morgan fingerprint density at radius 3 is 2.73 bits per heavy atom. The summed E-state index contributed by atoms with van der Waals surface area (Å²) in [5, 5.41) is 37.7. The molecule has 5 N–H and O–H groups in total. The molecule has 0 aromatic carbocycles. The van der Waals surface area contributed by atoms with Gasteiger partial charge in [-0.15, -0.1) is 11.8 Å². The topological polar surface area (TPSA) is 122 Å². The highest BCUT2D eigenvalue weighted by molar-refractivity contribution is 8.03. The predicted molar refractivity (Wildman–Crippen MR) is 114 cm³/mol. The molecule has 4 aliphatic rings. The zero-order valence-electron chi connectivity index (χ0n) is 17.4. The number of carbonyl (C=O) groups is 2. The van der Waals surface area contributed by atoms with E-state index in [1.54, 1.807) is 18.7 Å². The zero-order valence-corrected chi connectivity index (χ0v) is 18.2. The highest BCUT2D eigenvalue weighted by atomic mass is 32.2. The SMILES string of the molecule is C[C@@H](O)C1CC(=O)N2C(C(=O)O)=C(S[C@@H]3CN[C@H](C(O)C4CCNC4)C3)CCC[C@H]12. The molecule has 3 fully saturated rings. The number of nitrogens with one attached hydrogen (secondary N) is 2. The second-order valence-electron chi connectivity index (χ2n) is 9.14. The smallest absolute Gasteiger partial charge is 0.353 e. The van der Waals surface area contributed by atoms with Crippen LogP contribution in [0.5, 0.6) is 0 Å². The Bertz CT molecular complexity index is 709. The van der Waals surface area contributed by atoms with Crippen molar-refractivity contribution in [1.29, 1.82) is 0 Å². The third-order valence-corrected chi connectivity index (χ3v) is 8.54. The number of nitrogens with zero attached hydrogens (tertiary/aromatic N) is 1. The Morgan fingerprint density at radius 2 is 2.07 bits per heavy atom. The molecule has 4 rings (SSSR count). The van der Waals surface area contributed by atoms with Crippen LogP contribution in [0.2, 0.25) is 0 Å². The van der Waals surface area contributed by atoms with Crippen LogP contribution < -0.4 is 10.6 Å². The molecule has 3 unspecified atom stereocenters. The standard InChI is InChI=1S/C21H33N3O5S/c1-11(25)14-8-18(26)24-16(14)3-2-4-17(19(24)21(28)29)30-13-7-15(23-10-13)20(27)12-5-6-22-9-12/h11-16,20,22-23,25,27H,2-10H2,1H3,(H,28,29)/t11-,12?,13+,14?,15+,16-,20?/m1/s1. The molecular weight excluding hydrogens is 406 g/mol. The number of allylic oxidation sites excluding steroid dienone is 1. The number of aliphatic hydroxyl groups excluding tert-OH is 2. The van der Waals surface area contributed by atoms with Gasteiger partial charge in [0.05, 0.1) is 12.2 Å². The lowest BCUT2D eigenvalue weighted by Gasteiger charge is -2.28. The van der Waals surface area contributed by atoms with Gasteiger partial charge in [-0.3, -0.25) is 4.79 Å². The second-order valence-corrected chi connectivity index (χ2v) is 10.5. The Balaban J connectivity index is 1.50. The van der Waals surface area contributed by atoms with E-state index in [0.29, 0.717) is 12.8 Å². The zero-order chi connectivity index (χ0) is 21.4. The third-order valence-electron chi connectivity index (χ3n) is 7.16. The van der Waals surface area contributed by atoms with E-state index in [0.717, 1.165) is 43.8 Å². The van der Waals surface area contributed by atoms with E-state index in [9.17, 15) is 24.9 Å². The molecule has 4 heterocycles. The number of aliphatic hydroxyl groups is 2. The van der Waals surface area contributed by atoms with Gasteiger partial charge in [0, 0.05) is 53.6 Å². The highest BCUT2D eigenvalue weighted by Crippen LogP contribution is 2.43. The van der Waals surface area contributed by atoms with Crippen LogP contribution in [0, 0.1) is 11.8 Å². The summed E-state index contributed by atoms with van der Waals surface area (Å²) in [6, 6.07) is -0.222. The van der Waals surface area contributed by atoms with Gasteiger partial charge in [-0.25, -0.2) is 4.79 Å². The molecule has 30 heavy (non-hydrogen) atoms. The van der Waals surface area contributed by atoms with Gasteiger partial charge in [0.15, 0.2) is 0 Å². The Labute approximate surface area is 181 Å². The first-order valence-electron chi connectivity index (χ1n) is 11.1. The van der Waals surface area contributed by atoms with Gasteiger partial charge in [0.25, 0.3) is 0 Å². The van der Waals surface area contributed by atoms with Gasteiger partial charge in [0.2, 0.25) is 5.91 Å². The minimum Gasteiger partial charge on any atom is -0.477 e. The maximum Gasteiger partial charge on any atom is 0.353 e. The number of fused-ring (bicyclic) bond motifs is 1. The fraction of sp³-hybridized carbons (Fsp3) is 0.810. The van der Waals surface area contributed by atoms with Crippen molar-refractivity contribution in [2.45, 2.75) is 75.0 Å². The third kappa shape index (κ3) is 4.27. The average Bonchev–Trinajstić information content (AvgIpc) is 3.41. The van der Waals surface area contributed by atoms with Crippen molar-refractivity contribution < 1.29 is 24.9 Å². The summed E-state index contributed by atoms with van der Waals surface area (Å²) >= 11 is 1.56. The number of rotatable bonds is 6. The van der Waals surface area contributed by atoms with Crippen molar-refractivity contribution in [3.8, 4) is 0 Å². The quantitative estimate of drug-likeness (QED) is 0.406. The van der Waals surface area contributed by atoms with Crippen LogP contribution in [0.25, 0.3) is 0 Å².